The number of rotatable bonds is 6. The topological polar surface area (TPSA) is 104 Å². The van der Waals surface area contributed by atoms with Crippen molar-refractivity contribution in [2.45, 2.75) is 32.6 Å². The number of hydrogen-bond acceptors (Lipinski definition) is 8. The SMILES string of the molecule is CCOC(=O)c1c(-c2ccc(OC)cc2)csc1NC(=O)c1sc2nc3c(cc2c1N)CCCC3. The van der Waals surface area contributed by atoms with Gasteiger partial charge in [0.2, 0.25) is 0 Å². The van der Waals surface area contributed by atoms with Crippen LogP contribution < -0.4 is 15.8 Å². The van der Waals surface area contributed by atoms with Crippen LogP contribution in [0.3, 0.4) is 0 Å². The number of benzene rings is 1. The van der Waals surface area contributed by atoms with Crippen LogP contribution in [0.25, 0.3) is 21.3 Å². The van der Waals surface area contributed by atoms with Gasteiger partial charge in [-0.25, -0.2) is 9.78 Å². The van der Waals surface area contributed by atoms with E-state index in [9.17, 15) is 9.59 Å². The van der Waals surface area contributed by atoms with Gasteiger partial charge in [0, 0.05) is 22.0 Å². The summed E-state index contributed by atoms with van der Waals surface area (Å²) in [4.78, 5) is 32.2. The number of methoxy groups -OCH3 is 1. The summed E-state index contributed by atoms with van der Waals surface area (Å²) in [6, 6.07) is 9.46. The van der Waals surface area contributed by atoms with Gasteiger partial charge in [-0.05, 0) is 61.9 Å². The fourth-order valence-electron chi connectivity index (χ4n) is 4.33. The Hall–Kier alpha value is -3.43. The van der Waals surface area contributed by atoms with Gasteiger partial charge in [-0.15, -0.1) is 22.7 Å². The molecule has 1 aliphatic rings. The van der Waals surface area contributed by atoms with Crippen LogP contribution in [-0.2, 0) is 17.6 Å². The monoisotopic (exact) mass is 507 g/mol. The molecule has 0 bridgehead atoms. The molecule has 0 saturated carbocycles. The standard InChI is InChI=1S/C26H25N3O4S2/c1-3-33-26(31)20-18(14-8-10-16(32-2)11-9-14)13-34-25(20)29-23(30)22-21(27)17-12-15-6-4-5-7-19(15)28-24(17)35-22/h8-13H,3-7,27H2,1-2H3,(H,29,30). The number of aryl methyl sites for hydroxylation is 2. The quantitative estimate of drug-likeness (QED) is 0.314. The first-order valence-corrected chi connectivity index (χ1v) is 13.1. The number of nitrogens with two attached hydrogens (primary N) is 1. The molecule has 0 radical (unpaired) electrons. The normalized spacial score (nSPS) is 12.9. The van der Waals surface area contributed by atoms with Crippen molar-refractivity contribution in [3.05, 3.63) is 57.4 Å². The molecule has 9 heteroatoms. The van der Waals surface area contributed by atoms with Gasteiger partial charge in [0.1, 0.15) is 26.0 Å². The van der Waals surface area contributed by atoms with E-state index in [1.54, 1.807) is 14.0 Å². The molecule has 0 aliphatic heterocycles. The predicted molar refractivity (Wildman–Crippen MR) is 141 cm³/mol. The molecule has 0 fully saturated rings. The Morgan fingerprint density at radius 1 is 1.17 bits per heavy atom. The molecule has 0 spiro atoms. The van der Waals surface area contributed by atoms with Gasteiger partial charge in [0.15, 0.2) is 0 Å². The summed E-state index contributed by atoms with van der Waals surface area (Å²) in [5.74, 6) is -0.142. The highest BCUT2D eigenvalue weighted by Crippen LogP contribution is 2.39. The highest BCUT2D eigenvalue weighted by molar-refractivity contribution is 7.21. The average Bonchev–Trinajstić information content (AvgIpc) is 3.43. The van der Waals surface area contributed by atoms with E-state index in [-0.39, 0.29) is 12.5 Å². The molecule has 1 aromatic carbocycles. The van der Waals surface area contributed by atoms with Gasteiger partial charge in [0.25, 0.3) is 5.91 Å². The number of nitrogens with zero attached hydrogens (tertiary/aromatic N) is 1. The molecular formula is C26H25N3O4S2. The Morgan fingerprint density at radius 2 is 1.94 bits per heavy atom. The summed E-state index contributed by atoms with van der Waals surface area (Å²) in [5.41, 5.74) is 11.0. The summed E-state index contributed by atoms with van der Waals surface area (Å²) < 4.78 is 10.5. The van der Waals surface area contributed by atoms with Gasteiger partial charge < -0.3 is 20.5 Å². The van der Waals surface area contributed by atoms with E-state index in [0.717, 1.165) is 47.2 Å². The van der Waals surface area contributed by atoms with Crippen LogP contribution in [0.2, 0.25) is 0 Å². The minimum Gasteiger partial charge on any atom is -0.497 e. The second-order valence-corrected chi connectivity index (χ2v) is 10.1. The molecule has 180 valence electrons. The molecule has 3 heterocycles. The average molecular weight is 508 g/mol. The molecule has 3 aromatic heterocycles. The lowest BCUT2D eigenvalue weighted by molar-refractivity contribution is 0.0529. The number of esters is 1. The zero-order chi connectivity index (χ0) is 24.5. The van der Waals surface area contributed by atoms with Crippen molar-refractivity contribution in [1.82, 2.24) is 4.98 Å². The first-order chi connectivity index (χ1) is 17.0. The molecular weight excluding hydrogens is 482 g/mol. The van der Waals surface area contributed by atoms with Crippen LogP contribution >= 0.6 is 22.7 Å². The van der Waals surface area contributed by atoms with E-state index in [2.05, 4.69) is 11.4 Å². The van der Waals surface area contributed by atoms with Crippen LogP contribution in [0, 0.1) is 0 Å². The van der Waals surface area contributed by atoms with Gasteiger partial charge in [-0.2, -0.15) is 0 Å². The number of pyridine rings is 1. The van der Waals surface area contributed by atoms with Gasteiger partial charge >= 0.3 is 5.97 Å². The van der Waals surface area contributed by atoms with Crippen LogP contribution in [-0.4, -0.2) is 30.6 Å². The number of hydrogen-bond donors (Lipinski definition) is 2. The smallest absolute Gasteiger partial charge is 0.341 e. The van der Waals surface area contributed by atoms with E-state index in [1.165, 1.54) is 28.2 Å². The van der Waals surface area contributed by atoms with Crippen molar-refractivity contribution in [1.29, 1.82) is 0 Å². The Bertz CT molecular complexity index is 1420. The Kier molecular flexibility index (Phi) is 6.44. The third kappa shape index (κ3) is 4.37. The van der Waals surface area contributed by atoms with Crippen molar-refractivity contribution in [3.63, 3.8) is 0 Å². The molecule has 0 saturated heterocycles. The first kappa shape index (κ1) is 23.3. The Morgan fingerprint density at radius 3 is 2.69 bits per heavy atom. The highest BCUT2D eigenvalue weighted by atomic mass is 32.1. The van der Waals surface area contributed by atoms with Crippen molar-refractivity contribution in [3.8, 4) is 16.9 Å². The number of aromatic nitrogens is 1. The van der Waals surface area contributed by atoms with Gasteiger partial charge in [0.05, 0.1) is 19.4 Å². The Labute approximate surface area is 210 Å². The summed E-state index contributed by atoms with van der Waals surface area (Å²) in [6.45, 7) is 1.98. The summed E-state index contributed by atoms with van der Waals surface area (Å²) >= 11 is 2.56. The van der Waals surface area contributed by atoms with E-state index in [1.807, 2.05) is 29.6 Å². The number of amides is 1. The summed E-state index contributed by atoms with van der Waals surface area (Å²) in [5, 5.41) is 5.98. The minimum atomic E-state index is -0.492. The van der Waals surface area contributed by atoms with Crippen LogP contribution in [0.5, 0.6) is 5.75 Å². The van der Waals surface area contributed by atoms with Gasteiger partial charge in [-0.3, -0.25) is 4.79 Å². The van der Waals surface area contributed by atoms with Crippen molar-refractivity contribution >= 4 is 55.5 Å². The molecule has 35 heavy (non-hydrogen) atoms. The molecule has 0 atom stereocenters. The van der Waals surface area contributed by atoms with Gasteiger partial charge in [-0.1, -0.05) is 12.1 Å². The number of carbonyl (C=O) groups excluding carboxylic acids is 2. The zero-order valence-corrected chi connectivity index (χ0v) is 21.1. The molecule has 5 rings (SSSR count). The number of fused-ring (bicyclic) bond motifs is 2. The number of nitrogen functional groups attached to an aromatic ring is 1. The molecule has 7 nitrogen and oxygen atoms in total. The lowest BCUT2D eigenvalue weighted by Gasteiger charge is -2.14. The van der Waals surface area contributed by atoms with E-state index >= 15 is 0 Å². The largest absolute Gasteiger partial charge is 0.497 e. The maximum atomic E-state index is 13.3. The molecule has 3 N–H and O–H groups in total. The number of nitrogens with one attached hydrogen (secondary N) is 1. The lowest BCUT2D eigenvalue weighted by Crippen LogP contribution is -2.15. The summed E-state index contributed by atoms with van der Waals surface area (Å²) in [6.07, 6.45) is 4.21. The van der Waals surface area contributed by atoms with Crippen LogP contribution in [0.15, 0.2) is 35.7 Å². The second-order valence-electron chi connectivity index (χ2n) is 8.26. The molecule has 1 amide bonds. The van der Waals surface area contributed by atoms with E-state index in [4.69, 9.17) is 20.2 Å². The number of thiophene rings is 2. The first-order valence-electron chi connectivity index (χ1n) is 11.4. The van der Waals surface area contributed by atoms with Crippen molar-refractivity contribution in [2.24, 2.45) is 0 Å². The van der Waals surface area contributed by atoms with Crippen LogP contribution in [0.4, 0.5) is 10.7 Å². The fourth-order valence-corrected chi connectivity index (χ4v) is 6.27. The maximum absolute atomic E-state index is 13.3. The lowest BCUT2D eigenvalue weighted by atomic mass is 9.95. The summed E-state index contributed by atoms with van der Waals surface area (Å²) in [7, 11) is 1.60. The van der Waals surface area contributed by atoms with Crippen molar-refractivity contribution in [2.75, 3.05) is 24.8 Å². The minimum absolute atomic E-state index is 0.226. The van der Waals surface area contributed by atoms with E-state index < -0.39 is 5.97 Å². The van der Waals surface area contributed by atoms with Crippen LogP contribution in [0.1, 0.15) is 51.1 Å². The van der Waals surface area contributed by atoms with E-state index in [0.29, 0.717) is 32.4 Å². The number of carbonyl (C=O) groups is 2. The molecule has 1 aliphatic carbocycles. The third-order valence-corrected chi connectivity index (χ3v) is 8.11. The number of ether oxygens (including phenoxy) is 2. The third-order valence-electron chi connectivity index (χ3n) is 6.10. The highest BCUT2D eigenvalue weighted by Gasteiger charge is 2.26. The predicted octanol–water partition coefficient (Wildman–Crippen LogP) is 5.92. The fraction of sp³-hybridized carbons (Fsp3) is 0.269. The zero-order valence-electron chi connectivity index (χ0n) is 19.5. The van der Waals surface area contributed by atoms with Crippen molar-refractivity contribution < 1.29 is 19.1 Å². The second kappa shape index (κ2) is 9.67. The molecule has 4 aromatic rings. The maximum Gasteiger partial charge on any atom is 0.341 e. The molecule has 0 unspecified atom stereocenters. The number of anilines is 2. The Balaban J connectivity index is 1.50.